The van der Waals surface area contributed by atoms with Gasteiger partial charge in [-0.1, -0.05) is 0 Å². The SMILES string of the molecule is O[C@@H]1CC(C2CCCOC2)Oc2cc(F)ccc21. The smallest absolute Gasteiger partial charge is 0.128 e. The van der Waals surface area contributed by atoms with Crippen LogP contribution in [0, 0.1) is 11.7 Å². The van der Waals surface area contributed by atoms with Crippen molar-refractivity contribution in [2.24, 2.45) is 5.92 Å². The molecule has 2 aliphatic rings. The van der Waals surface area contributed by atoms with E-state index < -0.39 is 6.10 Å². The minimum absolute atomic E-state index is 0.0744. The van der Waals surface area contributed by atoms with E-state index >= 15 is 0 Å². The van der Waals surface area contributed by atoms with E-state index in [0.29, 0.717) is 30.3 Å². The lowest BCUT2D eigenvalue weighted by Crippen LogP contribution is -2.37. The number of aliphatic hydroxyl groups excluding tert-OH is 1. The number of benzene rings is 1. The summed E-state index contributed by atoms with van der Waals surface area (Å²) in [5.74, 6) is 0.440. The van der Waals surface area contributed by atoms with Crippen molar-refractivity contribution in [1.82, 2.24) is 0 Å². The molecule has 98 valence electrons. The Morgan fingerprint density at radius 1 is 1.33 bits per heavy atom. The topological polar surface area (TPSA) is 38.7 Å². The number of fused-ring (bicyclic) bond motifs is 1. The third-order valence-electron chi connectivity index (χ3n) is 3.79. The van der Waals surface area contributed by atoms with E-state index in [0.717, 1.165) is 19.4 Å². The van der Waals surface area contributed by atoms with Crippen molar-refractivity contribution in [2.75, 3.05) is 13.2 Å². The summed E-state index contributed by atoms with van der Waals surface area (Å²) >= 11 is 0. The van der Waals surface area contributed by atoms with E-state index in [2.05, 4.69) is 0 Å². The second-order valence-corrected chi connectivity index (χ2v) is 5.07. The monoisotopic (exact) mass is 252 g/mol. The van der Waals surface area contributed by atoms with Crippen molar-refractivity contribution < 1.29 is 19.0 Å². The minimum Gasteiger partial charge on any atom is -0.489 e. The highest BCUT2D eigenvalue weighted by Crippen LogP contribution is 2.38. The quantitative estimate of drug-likeness (QED) is 0.834. The Morgan fingerprint density at radius 2 is 2.22 bits per heavy atom. The Balaban J connectivity index is 1.81. The molecule has 2 aliphatic heterocycles. The first-order chi connectivity index (χ1) is 8.74. The highest BCUT2D eigenvalue weighted by atomic mass is 19.1. The fourth-order valence-electron chi connectivity index (χ4n) is 2.79. The average molecular weight is 252 g/mol. The van der Waals surface area contributed by atoms with Crippen LogP contribution in [-0.2, 0) is 4.74 Å². The predicted molar refractivity (Wildman–Crippen MR) is 63.9 cm³/mol. The third-order valence-corrected chi connectivity index (χ3v) is 3.79. The van der Waals surface area contributed by atoms with Crippen LogP contribution in [0.3, 0.4) is 0 Å². The molecular weight excluding hydrogens is 235 g/mol. The van der Waals surface area contributed by atoms with Crippen LogP contribution in [0.25, 0.3) is 0 Å². The normalized spacial score (nSPS) is 31.6. The van der Waals surface area contributed by atoms with Gasteiger partial charge in [-0.3, -0.25) is 0 Å². The lowest BCUT2D eigenvalue weighted by atomic mass is 9.88. The summed E-state index contributed by atoms with van der Waals surface area (Å²) in [6.07, 6.45) is 1.99. The van der Waals surface area contributed by atoms with E-state index in [9.17, 15) is 9.50 Å². The summed E-state index contributed by atoms with van der Waals surface area (Å²) in [6, 6.07) is 4.31. The van der Waals surface area contributed by atoms with Gasteiger partial charge in [-0.25, -0.2) is 4.39 Å². The Morgan fingerprint density at radius 3 is 3.00 bits per heavy atom. The third kappa shape index (κ3) is 2.22. The van der Waals surface area contributed by atoms with Crippen molar-refractivity contribution in [3.8, 4) is 5.75 Å². The molecule has 18 heavy (non-hydrogen) atoms. The molecule has 3 atom stereocenters. The molecule has 0 saturated carbocycles. The van der Waals surface area contributed by atoms with Crippen LogP contribution in [0.1, 0.15) is 30.9 Å². The molecule has 0 bridgehead atoms. The first-order valence-corrected chi connectivity index (χ1v) is 6.46. The second-order valence-electron chi connectivity index (χ2n) is 5.07. The molecule has 1 N–H and O–H groups in total. The molecule has 4 heteroatoms. The van der Waals surface area contributed by atoms with Crippen LogP contribution in [0.15, 0.2) is 18.2 Å². The van der Waals surface area contributed by atoms with Gasteiger partial charge in [0.15, 0.2) is 0 Å². The van der Waals surface area contributed by atoms with E-state index in [-0.39, 0.29) is 11.9 Å². The van der Waals surface area contributed by atoms with Crippen LogP contribution in [-0.4, -0.2) is 24.4 Å². The maximum Gasteiger partial charge on any atom is 0.128 e. The van der Waals surface area contributed by atoms with Crippen LogP contribution in [0.5, 0.6) is 5.75 Å². The minimum atomic E-state index is -0.568. The number of aliphatic hydroxyl groups is 1. The van der Waals surface area contributed by atoms with Crippen LogP contribution in [0.4, 0.5) is 4.39 Å². The highest BCUT2D eigenvalue weighted by Gasteiger charge is 2.33. The van der Waals surface area contributed by atoms with Gasteiger partial charge < -0.3 is 14.6 Å². The van der Waals surface area contributed by atoms with Gasteiger partial charge in [-0.2, -0.15) is 0 Å². The molecule has 0 spiro atoms. The molecule has 0 aromatic heterocycles. The van der Waals surface area contributed by atoms with Gasteiger partial charge in [0.25, 0.3) is 0 Å². The van der Waals surface area contributed by atoms with Gasteiger partial charge in [0, 0.05) is 30.6 Å². The zero-order chi connectivity index (χ0) is 12.5. The fraction of sp³-hybridized carbons (Fsp3) is 0.571. The van der Waals surface area contributed by atoms with Crippen molar-refractivity contribution in [2.45, 2.75) is 31.5 Å². The van der Waals surface area contributed by atoms with E-state index in [4.69, 9.17) is 9.47 Å². The Kier molecular flexibility index (Phi) is 3.22. The number of hydrogen-bond donors (Lipinski definition) is 1. The van der Waals surface area contributed by atoms with Crippen molar-refractivity contribution in [3.05, 3.63) is 29.6 Å². The van der Waals surface area contributed by atoms with Gasteiger partial charge in [0.05, 0.1) is 12.7 Å². The van der Waals surface area contributed by atoms with Gasteiger partial charge >= 0.3 is 0 Å². The van der Waals surface area contributed by atoms with Crippen LogP contribution >= 0.6 is 0 Å². The maximum absolute atomic E-state index is 13.2. The molecule has 2 unspecified atom stereocenters. The van der Waals surface area contributed by atoms with Gasteiger partial charge in [0.1, 0.15) is 17.7 Å². The predicted octanol–water partition coefficient (Wildman–Crippen LogP) is 2.44. The second kappa shape index (κ2) is 4.86. The zero-order valence-corrected chi connectivity index (χ0v) is 10.1. The maximum atomic E-state index is 13.2. The lowest BCUT2D eigenvalue weighted by Gasteiger charge is -2.36. The molecule has 0 amide bonds. The molecular formula is C14H17FO3. The van der Waals surface area contributed by atoms with E-state index in [1.54, 1.807) is 6.07 Å². The summed E-state index contributed by atoms with van der Waals surface area (Å²) in [5.41, 5.74) is 0.685. The van der Waals surface area contributed by atoms with Crippen molar-refractivity contribution in [1.29, 1.82) is 0 Å². The molecule has 1 fully saturated rings. The lowest BCUT2D eigenvalue weighted by molar-refractivity contribution is -0.0287. The first kappa shape index (κ1) is 11.9. The highest BCUT2D eigenvalue weighted by molar-refractivity contribution is 5.37. The first-order valence-electron chi connectivity index (χ1n) is 6.46. The van der Waals surface area contributed by atoms with E-state index in [1.165, 1.54) is 12.1 Å². The molecule has 3 rings (SSSR count). The van der Waals surface area contributed by atoms with Crippen molar-refractivity contribution >= 4 is 0 Å². The van der Waals surface area contributed by atoms with Crippen LogP contribution < -0.4 is 4.74 Å². The molecule has 1 aromatic rings. The summed E-state index contributed by atoms with van der Waals surface area (Å²) in [5, 5.41) is 10.1. The largest absolute Gasteiger partial charge is 0.489 e. The van der Waals surface area contributed by atoms with Gasteiger partial charge in [-0.05, 0) is 25.0 Å². The molecule has 1 aromatic carbocycles. The Bertz CT molecular complexity index is 429. The molecule has 0 aliphatic carbocycles. The number of hydrogen-bond acceptors (Lipinski definition) is 3. The Hall–Kier alpha value is -1.13. The summed E-state index contributed by atoms with van der Waals surface area (Å²) in [7, 11) is 0. The molecule has 1 saturated heterocycles. The summed E-state index contributed by atoms with van der Waals surface area (Å²) in [4.78, 5) is 0. The average Bonchev–Trinajstić information content (AvgIpc) is 2.39. The Labute approximate surface area is 106 Å². The molecule has 3 nitrogen and oxygen atoms in total. The van der Waals surface area contributed by atoms with Crippen LogP contribution in [0.2, 0.25) is 0 Å². The van der Waals surface area contributed by atoms with Crippen molar-refractivity contribution in [3.63, 3.8) is 0 Å². The number of rotatable bonds is 1. The zero-order valence-electron chi connectivity index (χ0n) is 10.1. The molecule has 2 heterocycles. The number of halogens is 1. The summed E-state index contributed by atoms with van der Waals surface area (Å²) < 4.78 is 24.5. The van der Waals surface area contributed by atoms with E-state index in [1.807, 2.05) is 0 Å². The van der Waals surface area contributed by atoms with Gasteiger partial charge in [-0.15, -0.1) is 0 Å². The molecule has 0 radical (unpaired) electrons. The fourth-order valence-corrected chi connectivity index (χ4v) is 2.79. The van der Waals surface area contributed by atoms with Gasteiger partial charge in [0.2, 0.25) is 0 Å². The standard InChI is InChI=1S/C14H17FO3/c15-10-3-4-11-12(16)7-13(18-14(11)6-10)9-2-1-5-17-8-9/h3-4,6,9,12-13,16H,1-2,5,7-8H2/t9?,12-,13?/m1/s1. The number of ether oxygens (including phenoxy) is 2. The summed E-state index contributed by atoms with van der Waals surface area (Å²) in [6.45, 7) is 1.47.